The van der Waals surface area contributed by atoms with Gasteiger partial charge in [-0.2, -0.15) is 0 Å². The third kappa shape index (κ3) is 4.50. The van der Waals surface area contributed by atoms with E-state index in [2.05, 4.69) is 12.1 Å². The van der Waals surface area contributed by atoms with Crippen LogP contribution in [0.2, 0.25) is 0 Å². The molecule has 0 saturated carbocycles. The van der Waals surface area contributed by atoms with Crippen molar-refractivity contribution in [2.24, 2.45) is 5.92 Å². The van der Waals surface area contributed by atoms with Gasteiger partial charge in [0.15, 0.2) is 18.3 Å². The fourth-order valence-electron chi connectivity index (χ4n) is 7.13. The Balaban J connectivity index is 1.24. The fourth-order valence-corrected chi connectivity index (χ4v) is 7.13. The van der Waals surface area contributed by atoms with Crippen LogP contribution in [0.3, 0.4) is 0 Å². The molecule has 5 aliphatic rings. The summed E-state index contributed by atoms with van der Waals surface area (Å²) in [6.45, 7) is 2.05. The third-order valence-corrected chi connectivity index (χ3v) is 9.22. The third-order valence-electron chi connectivity index (χ3n) is 9.22. The SMILES string of the molecule is O=C(O)[C@H]1O[C@@H]([N+]23CCC(CC2)[C@@H](OC(=O)N2CCc4ccccc4[C@@H]2c2ccccc2)C3)[C@H](O)[C@@H](O)[C@@H]1O. The van der Waals surface area contributed by atoms with Gasteiger partial charge in [0.2, 0.25) is 6.23 Å². The second-order valence-electron chi connectivity index (χ2n) is 11.3. The Morgan fingerprint density at radius 2 is 1.62 bits per heavy atom. The number of nitrogens with zero attached hydrogens (tertiary/aromatic N) is 2. The molecule has 5 heterocycles. The highest BCUT2D eigenvalue weighted by Crippen LogP contribution is 2.42. The van der Waals surface area contributed by atoms with Gasteiger partial charge < -0.3 is 29.9 Å². The van der Waals surface area contributed by atoms with Crippen LogP contribution in [0.5, 0.6) is 0 Å². The van der Waals surface area contributed by atoms with Crippen LogP contribution in [0.4, 0.5) is 4.79 Å². The summed E-state index contributed by atoms with van der Waals surface area (Å²) in [5.41, 5.74) is 3.29. The molecule has 0 unspecified atom stereocenters. The Morgan fingerprint density at radius 1 is 0.923 bits per heavy atom. The molecule has 0 aromatic heterocycles. The quantitative estimate of drug-likeness (QED) is 0.427. The summed E-state index contributed by atoms with van der Waals surface area (Å²) in [6.07, 6.45) is -6.26. The first kappa shape index (κ1) is 26.2. The van der Waals surface area contributed by atoms with Crippen molar-refractivity contribution in [1.82, 2.24) is 4.90 Å². The number of aliphatic carboxylic acids is 1. The predicted molar refractivity (Wildman–Crippen MR) is 137 cm³/mol. The molecule has 2 aromatic rings. The Kier molecular flexibility index (Phi) is 6.84. The van der Waals surface area contributed by atoms with Crippen LogP contribution in [0, 0.1) is 5.92 Å². The van der Waals surface area contributed by atoms with Gasteiger partial charge in [-0.05, 0) is 23.1 Å². The van der Waals surface area contributed by atoms with Gasteiger partial charge in [0, 0.05) is 25.3 Å². The first-order chi connectivity index (χ1) is 18.8. The average molecular weight is 540 g/mol. The summed E-state index contributed by atoms with van der Waals surface area (Å²) >= 11 is 0. The number of aliphatic hydroxyl groups excluding tert-OH is 3. The number of carbonyl (C=O) groups excluding carboxylic acids is 1. The van der Waals surface area contributed by atoms with Crippen LogP contribution in [0.1, 0.15) is 35.6 Å². The number of carboxylic acids is 1. The van der Waals surface area contributed by atoms with E-state index in [4.69, 9.17) is 9.47 Å². The Morgan fingerprint density at radius 3 is 2.33 bits per heavy atom. The topological polar surface area (TPSA) is 137 Å². The van der Waals surface area contributed by atoms with Crippen molar-refractivity contribution in [3.8, 4) is 0 Å². The molecule has 7 atom stereocenters. The number of piperidine rings is 3. The molecule has 0 radical (unpaired) electrons. The maximum absolute atomic E-state index is 13.8. The van der Waals surface area contributed by atoms with Crippen molar-refractivity contribution < 1.29 is 44.0 Å². The van der Waals surface area contributed by atoms with Gasteiger partial charge in [-0.1, -0.05) is 54.6 Å². The predicted octanol–water partition coefficient (Wildman–Crippen LogP) is 1.27. The second-order valence-corrected chi connectivity index (χ2v) is 11.3. The van der Waals surface area contributed by atoms with Crippen molar-refractivity contribution in [2.45, 2.75) is 62.1 Å². The zero-order valence-corrected chi connectivity index (χ0v) is 21.6. The molecule has 5 aliphatic heterocycles. The van der Waals surface area contributed by atoms with E-state index in [1.54, 1.807) is 4.90 Å². The van der Waals surface area contributed by atoms with Gasteiger partial charge >= 0.3 is 12.1 Å². The number of carboxylic acid groups (broad SMARTS) is 1. The number of ether oxygens (including phenoxy) is 2. The summed E-state index contributed by atoms with van der Waals surface area (Å²) in [6, 6.07) is 17.8. The number of hydrogen-bond acceptors (Lipinski definition) is 7. The second kappa shape index (κ2) is 10.2. The molecule has 2 bridgehead atoms. The van der Waals surface area contributed by atoms with E-state index in [1.807, 2.05) is 42.5 Å². The molecule has 0 aliphatic carbocycles. The van der Waals surface area contributed by atoms with Crippen molar-refractivity contribution >= 4 is 12.1 Å². The largest absolute Gasteiger partial charge is 0.479 e. The van der Waals surface area contributed by atoms with Gasteiger partial charge in [0.1, 0.15) is 18.8 Å². The minimum absolute atomic E-state index is 0.146. The molecule has 4 N–H and O–H groups in total. The molecule has 208 valence electrons. The first-order valence-electron chi connectivity index (χ1n) is 13.7. The number of quaternary nitrogens is 1. The minimum atomic E-state index is -1.74. The van der Waals surface area contributed by atoms with Gasteiger partial charge in [-0.15, -0.1) is 0 Å². The van der Waals surface area contributed by atoms with Crippen LogP contribution in [0.25, 0.3) is 0 Å². The number of amides is 1. The highest BCUT2D eigenvalue weighted by Gasteiger charge is 2.60. The van der Waals surface area contributed by atoms with E-state index < -0.39 is 48.8 Å². The summed E-state index contributed by atoms with van der Waals surface area (Å²) in [4.78, 5) is 27.3. The van der Waals surface area contributed by atoms with Crippen LogP contribution < -0.4 is 0 Å². The highest BCUT2D eigenvalue weighted by molar-refractivity contribution is 5.73. The van der Waals surface area contributed by atoms with Crippen molar-refractivity contribution in [3.63, 3.8) is 0 Å². The van der Waals surface area contributed by atoms with Gasteiger partial charge in [0.25, 0.3) is 0 Å². The van der Waals surface area contributed by atoms with E-state index in [9.17, 15) is 30.0 Å². The number of aliphatic hydroxyl groups is 3. The molecular formula is C29H35N2O8+. The van der Waals surface area contributed by atoms with Crippen molar-refractivity contribution in [3.05, 3.63) is 71.3 Å². The normalized spacial score (nSPS) is 37.7. The van der Waals surface area contributed by atoms with Crippen LogP contribution in [-0.2, 0) is 20.7 Å². The maximum Gasteiger partial charge on any atom is 0.411 e. The lowest BCUT2D eigenvalue weighted by atomic mass is 9.81. The number of hydrogen-bond donors (Lipinski definition) is 4. The van der Waals surface area contributed by atoms with Gasteiger partial charge in [0.05, 0.1) is 19.1 Å². The molecule has 10 nitrogen and oxygen atoms in total. The number of fused-ring (bicyclic) bond motifs is 4. The van der Waals surface area contributed by atoms with Crippen molar-refractivity contribution in [1.29, 1.82) is 0 Å². The van der Waals surface area contributed by atoms with E-state index in [0.29, 0.717) is 39.0 Å². The van der Waals surface area contributed by atoms with Crippen molar-refractivity contribution in [2.75, 3.05) is 26.2 Å². The van der Waals surface area contributed by atoms with Crippen LogP contribution in [-0.4, -0.2) is 105 Å². The van der Waals surface area contributed by atoms with Gasteiger partial charge in [-0.3, -0.25) is 9.38 Å². The monoisotopic (exact) mass is 539 g/mol. The molecule has 4 fully saturated rings. The Bertz CT molecular complexity index is 1220. The summed E-state index contributed by atoms with van der Waals surface area (Å²) in [7, 11) is 0. The lowest BCUT2D eigenvalue weighted by molar-refractivity contribution is -0.993. The lowest BCUT2D eigenvalue weighted by Crippen LogP contribution is -2.76. The van der Waals surface area contributed by atoms with E-state index in [1.165, 1.54) is 5.56 Å². The standard InChI is InChI=1S/C29H34N2O8/c32-23-24(33)26(28(35)36)39-27(25(23)34)31-14-11-18(12-15-31)21(16-31)38-29(37)30-13-10-17-6-4-5-9-20(17)22(30)19-7-2-1-3-8-19/h1-9,18,21-27,32-34H,10-16H2/p+1/t18?,21-,22-,23-,24-,25+,26-,27+,31?/m0/s1. The number of benzene rings is 2. The zero-order chi connectivity index (χ0) is 27.3. The number of rotatable bonds is 4. The molecule has 39 heavy (non-hydrogen) atoms. The Hall–Kier alpha value is -3.02. The van der Waals surface area contributed by atoms with E-state index in [-0.39, 0.29) is 16.4 Å². The summed E-state index contributed by atoms with van der Waals surface area (Å²) in [5.74, 6) is -1.25. The molecular weight excluding hydrogens is 504 g/mol. The molecule has 2 aromatic carbocycles. The fraction of sp³-hybridized carbons (Fsp3) is 0.517. The van der Waals surface area contributed by atoms with E-state index >= 15 is 0 Å². The van der Waals surface area contributed by atoms with Crippen LogP contribution >= 0.6 is 0 Å². The maximum atomic E-state index is 13.8. The molecule has 0 spiro atoms. The molecule has 10 heteroatoms. The summed E-state index contributed by atoms with van der Waals surface area (Å²) < 4.78 is 12.1. The van der Waals surface area contributed by atoms with E-state index in [0.717, 1.165) is 17.5 Å². The van der Waals surface area contributed by atoms with Gasteiger partial charge in [-0.25, -0.2) is 9.59 Å². The smallest absolute Gasteiger partial charge is 0.411 e. The molecule has 4 saturated heterocycles. The minimum Gasteiger partial charge on any atom is -0.479 e. The highest BCUT2D eigenvalue weighted by atomic mass is 16.6. The summed E-state index contributed by atoms with van der Waals surface area (Å²) in [5, 5.41) is 41.0. The average Bonchev–Trinajstić information content (AvgIpc) is 2.96. The number of carbonyl (C=O) groups is 2. The Labute approximate surface area is 226 Å². The molecule has 7 rings (SSSR count). The van der Waals surface area contributed by atoms with Crippen LogP contribution in [0.15, 0.2) is 54.6 Å². The first-order valence-corrected chi connectivity index (χ1v) is 13.7. The lowest BCUT2D eigenvalue weighted by Gasteiger charge is -2.57. The molecule has 1 amide bonds. The zero-order valence-electron chi connectivity index (χ0n) is 21.6.